The predicted molar refractivity (Wildman–Crippen MR) is 87.0 cm³/mol. The van der Waals surface area contributed by atoms with Crippen LogP contribution in [0, 0.1) is 0 Å². The first-order chi connectivity index (χ1) is 9.71. The van der Waals surface area contributed by atoms with E-state index >= 15 is 0 Å². The Balaban J connectivity index is 2.84. The Bertz CT molecular complexity index is 491. The maximum Gasteiger partial charge on any atom is 0.408 e. The van der Waals surface area contributed by atoms with Crippen molar-refractivity contribution in [1.82, 2.24) is 5.32 Å². The van der Waals surface area contributed by atoms with Crippen LogP contribution in [0.15, 0.2) is 41.1 Å². The number of benzene rings is 1. The van der Waals surface area contributed by atoms with Crippen LogP contribution < -0.4 is 5.32 Å². The van der Waals surface area contributed by atoms with Crippen molar-refractivity contribution in [2.45, 2.75) is 38.8 Å². The zero-order valence-corrected chi connectivity index (χ0v) is 14.5. The molecule has 1 amide bonds. The van der Waals surface area contributed by atoms with E-state index in [0.717, 1.165) is 10.0 Å². The van der Waals surface area contributed by atoms with Crippen molar-refractivity contribution in [3.05, 3.63) is 46.6 Å². The molecule has 5 heteroatoms. The van der Waals surface area contributed by atoms with Gasteiger partial charge in [0.2, 0.25) is 0 Å². The Labute approximate surface area is 134 Å². The average Bonchev–Trinajstić information content (AvgIpc) is 2.36. The van der Waals surface area contributed by atoms with E-state index in [1.54, 1.807) is 7.11 Å². The summed E-state index contributed by atoms with van der Waals surface area (Å²) in [5, 5.41) is 2.86. The maximum absolute atomic E-state index is 12.0. The van der Waals surface area contributed by atoms with Gasteiger partial charge in [-0.05, 0) is 38.5 Å². The Morgan fingerprint density at radius 1 is 1.33 bits per heavy atom. The number of hydrogen-bond donors (Lipinski definition) is 1. The van der Waals surface area contributed by atoms with Gasteiger partial charge < -0.3 is 14.8 Å². The van der Waals surface area contributed by atoms with Gasteiger partial charge in [-0.2, -0.15) is 0 Å². The number of nitrogens with one attached hydrogen (secondary N) is 1. The van der Waals surface area contributed by atoms with Gasteiger partial charge in [-0.1, -0.05) is 34.6 Å². The number of carbonyl (C=O) groups is 1. The molecule has 0 saturated heterocycles. The average molecular weight is 356 g/mol. The SMILES string of the molecule is C=C(C[C@@H](NC(=O)OC(C)(C)C)c1ccc(Br)cc1)OC. The molecule has 116 valence electrons. The van der Waals surface area contributed by atoms with E-state index in [-0.39, 0.29) is 6.04 Å². The molecule has 0 fully saturated rings. The number of carbonyl (C=O) groups excluding carboxylic acids is 1. The minimum atomic E-state index is -0.535. The highest BCUT2D eigenvalue weighted by Crippen LogP contribution is 2.23. The molecule has 0 aliphatic heterocycles. The monoisotopic (exact) mass is 355 g/mol. The summed E-state index contributed by atoms with van der Waals surface area (Å²) in [7, 11) is 1.56. The van der Waals surface area contributed by atoms with Gasteiger partial charge in [0.25, 0.3) is 0 Å². The normalized spacial score (nSPS) is 12.4. The molecular formula is C16H22BrNO3. The van der Waals surface area contributed by atoms with Crippen LogP contribution in [0.5, 0.6) is 0 Å². The molecule has 0 aromatic heterocycles. The summed E-state index contributed by atoms with van der Waals surface area (Å²) in [5.74, 6) is 0.596. The summed E-state index contributed by atoms with van der Waals surface area (Å²) in [6.07, 6.45) is 0.0245. The molecule has 0 saturated carbocycles. The Kier molecular flexibility index (Phi) is 6.27. The molecule has 0 unspecified atom stereocenters. The van der Waals surface area contributed by atoms with Crippen molar-refractivity contribution in [3.63, 3.8) is 0 Å². The summed E-state index contributed by atoms with van der Waals surface area (Å²) >= 11 is 3.40. The highest BCUT2D eigenvalue weighted by atomic mass is 79.9. The Morgan fingerprint density at radius 2 is 1.90 bits per heavy atom. The summed E-state index contributed by atoms with van der Waals surface area (Å²) in [4.78, 5) is 12.0. The minimum absolute atomic E-state index is 0.250. The van der Waals surface area contributed by atoms with E-state index in [9.17, 15) is 4.79 Å². The molecule has 1 N–H and O–H groups in total. The van der Waals surface area contributed by atoms with Gasteiger partial charge >= 0.3 is 6.09 Å². The van der Waals surface area contributed by atoms with E-state index in [4.69, 9.17) is 9.47 Å². The molecule has 0 radical (unpaired) electrons. The number of rotatable bonds is 5. The number of ether oxygens (including phenoxy) is 2. The number of hydrogen-bond acceptors (Lipinski definition) is 3. The predicted octanol–water partition coefficient (Wildman–Crippen LogP) is 4.57. The molecule has 0 aliphatic rings. The number of halogens is 1. The molecular weight excluding hydrogens is 334 g/mol. The minimum Gasteiger partial charge on any atom is -0.502 e. The lowest BCUT2D eigenvalue weighted by atomic mass is 10.0. The lowest BCUT2D eigenvalue weighted by molar-refractivity contribution is 0.0500. The number of methoxy groups -OCH3 is 1. The van der Waals surface area contributed by atoms with Crippen LogP contribution in [-0.2, 0) is 9.47 Å². The summed E-state index contributed by atoms with van der Waals surface area (Å²) in [6.45, 7) is 9.30. The second kappa shape index (κ2) is 7.50. The summed E-state index contributed by atoms with van der Waals surface area (Å²) < 4.78 is 11.4. The fourth-order valence-electron chi connectivity index (χ4n) is 1.71. The quantitative estimate of drug-likeness (QED) is 0.787. The third-order valence-electron chi connectivity index (χ3n) is 2.68. The van der Waals surface area contributed by atoms with Gasteiger partial charge in [-0.15, -0.1) is 0 Å². The second-order valence-electron chi connectivity index (χ2n) is 5.70. The molecule has 0 spiro atoms. The third-order valence-corrected chi connectivity index (χ3v) is 3.21. The van der Waals surface area contributed by atoms with Crippen LogP contribution in [0.1, 0.15) is 38.8 Å². The number of alkyl carbamates (subject to hydrolysis) is 1. The lowest BCUT2D eigenvalue weighted by Crippen LogP contribution is -2.35. The third kappa shape index (κ3) is 6.67. The summed E-state index contributed by atoms with van der Waals surface area (Å²) in [6, 6.07) is 7.48. The van der Waals surface area contributed by atoms with Gasteiger partial charge in [0.05, 0.1) is 18.9 Å². The molecule has 21 heavy (non-hydrogen) atoms. The molecule has 0 aliphatic carbocycles. The largest absolute Gasteiger partial charge is 0.502 e. The van der Waals surface area contributed by atoms with E-state index in [1.807, 2.05) is 45.0 Å². The topological polar surface area (TPSA) is 47.6 Å². The zero-order valence-electron chi connectivity index (χ0n) is 12.9. The van der Waals surface area contributed by atoms with Gasteiger partial charge in [0.15, 0.2) is 0 Å². The number of amides is 1. The Hall–Kier alpha value is -1.49. The summed E-state index contributed by atoms with van der Waals surface area (Å²) in [5.41, 5.74) is 0.425. The molecule has 1 aromatic carbocycles. The van der Waals surface area contributed by atoms with Gasteiger partial charge in [0.1, 0.15) is 5.60 Å². The van der Waals surface area contributed by atoms with Crippen LogP contribution >= 0.6 is 15.9 Å². The first kappa shape index (κ1) is 17.6. The standard InChI is InChI=1S/C16H22BrNO3/c1-11(20-5)10-14(12-6-8-13(17)9-7-12)18-15(19)21-16(2,3)4/h6-9,14H,1,10H2,2-5H3,(H,18,19)/t14-/m1/s1. The zero-order chi connectivity index (χ0) is 16.0. The maximum atomic E-state index is 12.0. The van der Waals surface area contributed by atoms with E-state index in [0.29, 0.717) is 12.2 Å². The molecule has 1 rings (SSSR count). The molecule has 4 nitrogen and oxygen atoms in total. The molecule has 0 bridgehead atoms. The van der Waals surface area contributed by atoms with E-state index < -0.39 is 11.7 Å². The first-order valence-electron chi connectivity index (χ1n) is 6.68. The fraction of sp³-hybridized carbons (Fsp3) is 0.438. The van der Waals surface area contributed by atoms with Crippen molar-refractivity contribution in [2.75, 3.05) is 7.11 Å². The fourth-order valence-corrected chi connectivity index (χ4v) is 1.97. The first-order valence-corrected chi connectivity index (χ1v) is 7.47. The molecule has 0 heterocycles. The van der Waals surface area contributed by atoms with Crippen LogP contribution in [0.4, 0.5) is 4.79 Å². The Morgan fingerprint density at radius 3 is 2.38 bits per heavy atom. The smallest absolute Gasteiger partial charge is 0.408 e. The lowest BCUT2D eigenvalue weighted by Gasteiger charge is -2.24. The van der Waals surface area contributed by atoms with E-state index in [2.05, 4.69) is 27.8 Å². The van der Waals surface area contributed by atoms with E-state index in [1.165, 1.54) is 0 Å². The van der Waals surface area contributed by atoms with Crippen LogP contribution in [-0.4, -0.2) is 18.8 Å². The van der Waals surface area contributed by atoms with Crippen molar-refractivity contribution in [3.8, 4) is 0 Å². The van der Waals surface area contributed by atoms with Crippen molar-refractivity contribution in [1.29, 1.82) is 0 Å². The molecule has 1 atom stereocenters. The molecule has 1 aromatic rings. The van der Waals surface area contributed by atoms with Crippen LogP contribution in [0.25, 0.3) is 0 Å². The highest BCUT2D eigenvalue weighted by molar-refractivity contribution is 9.10. The van der Waals surface area contributed by atoms with Gasteiger partial charge in [-0.25, -0.2) is 4.79 Å². The van der Waals surface area contributed by atoms with Crippen LogP contribution in [0.3, 0.4) is 0 Å². The second-order valence-corrected chi connectivity index (χ2v) is 6.61. The van der Waals surface area contributed by atoms with Gasteiger partial charge in [0, 0.05) is 10.9 Å². The van der Waals surface area contributed by atoms with Crippen molar-refractivity contribution >= 4 is 22.0 Å². The van der Waals surface area contributed by atoms with Crippen LogP contribution in [0.2, 0.25) is 0 Å². The highest BCUT2D eigenvalue weighted by Gasteiger charge is 2.21. The van der Waals surface area contributed by atoms with Crippen molar-refractivity contribution < 1.29 is 14.3 Å². The van der Waals surface area contributed by atoms with Gasteiger partial charge in [-0.3, -0.25) is 0 Å². The van der Waals surface area contributed by atoms with Crippen molar-refractivity contribution in [2.24, 2.45) is 0 Å².